The van der Waals surface area contributed by atoms with E-state index in [-0.39, 0.29) is 5.56 Å². The molecular weight excluding hydrogens is 288 g/mol. The molecule has 20 heavy (non-hydrogen) atoms. The quantitative estimate of drug-likeness (QED) is 0.692. The Morgan fingerprint density at radius 1 is 1.25 bits per heavy atom. The van der Waals surface area contributed by atoms with Crippen molar-refractivity contribution < 1.29 is 0 Å². The second-order valence-electron chi connectivity index (χ2n) is 4.68. The number of benzene rings is 1. The summed E-state index contributed by atoms with van der Waals surface area (Å²) in [6, 6.07) is 10.0. The molecule has 2 heterocycles. The molecule has 0 atom stereocenters. The van der Waals surface area contributed by atoms with Crippen LogP contribution in [0.1, 0.15) is 16.1 Å². The van der Waals surface area contributed by atoms with Gasteiger partial charge >= 0.3 is 0 Å². The average Bonchev–Trinajstić information content (AvgIpc) is 2.79. The molecular formula is C15H14N2OS2. The van der Waals surface area contributed by atoms with Gasteiger partial charge < -0.3 is 0 Å². The molecule has 2 aromatic heterocycles. The van der Waals surface area contributed by atoms with Crippen LogP contribution in [0.25, 0.3) is 4.96 Å². The van der Waals surface area contributed by atoms with Crippen LogP contribution in [0.2, 0.25) is 0 Å². The van der Waals surface area contributed by atoms with Crippen LogP contribution in [0, 0.1) is 13.8 Å². The van der Waals surface area contributed by atoms with Gasteiger partial charge in [-0.1, -0.05) is 17.7 Å². The molecule has 3 nitrogen and oxygen atoms in total. The molecule has 5 heteroatoms. The summed E-state index contributed by atoms with van der Waals surface area (Å²) in [4.78, 5) is 19.6. The van der Waals surface area contributed by atoms with Gasteiger partial charge in [-0.2, -0.15) is 0 Å². The summed E-state index contributed by atoms with van der Waals surface area (Å²) in [5, 5.41) is 0. The number of thioether (sulfide) groups is 1. The molecule has 0 amide bonds. The highest BCUT2D eigenvalue weighted by Gasteiger charge is 2.05. The predicted molar refractivity (Wildman–Crippen MR) is 84.8 cm³/mol. The van der Waals surface area contributed by atoms with Crippen LogP contribution in [0.3, 0.4) is 0 Å². The minimum absolute atomic E-state index is 0.00106. The lowest BCUT2D eigenvalue weighted by atomic mass is 10.2. The molecule has 0 N–H and O–H groups in total. The molecule has 0 unspecified atom stereocenters. The van der Waals surface area contributed by atoms with Crippen LogP contribution in [-0.4, -0.2) is 9.38 Å². The van der Waals surface area contributed by atoms with E-state index < -0.39 is 0 Å². The van der Waals surface area contributed by atoms with Crippen LogP contribution >= 0.6 is 23.1 Å². The van der Waals surface area contributed by atoms with Gasteiger partial charge in [-0.3, -0.25) is 9.20 Å². The molecule has 0 aliphatic carbocycles. The van der Waals surface area contributed by atoms with Gasteiger partial charge in [0.25, 0.3) is 5.56 Å². The van der Waals surface area contributed by atoms with E-state index in [4.69, 9.17) is 0 Å². The maximum Gasteiger partial charge on any atom is 0.258 e. The van der Waals surface area contributed by atoms with E-state index in [1.807, 2.05) is 13.1 Å². The van der Waals surface area contributed by atoms with Crippen molar-refractivity contribution in [3.8, 4) is 0 Å². The molecule has 0 saturated heterocycles. The lowest BCUT2D eigenvalue weighted by Gasteiger charge is -2.02. The zero-order valence-electron chi connectivity index (χ0n) is 11.3. The van der Waals surface area contributed by atoms with Crippen molar-refractivity contribution in [3.63, 3.8) is 0 Å². The Hall–Kier alpha value is -1.59. The monoisotopic (exact) mass is 302 g/mol. The largest absolute Gasteiger partial charge is 0.269 e. The fourth-order valence-electron chi connectivity index (χ4n) is 1.92. The van der Waals surface area contributed by atoms with Gasteiger partial charge in [-0.25, -0.2) is 4.98 Å². The van der Waals surface area contributed by atoms with E-state index in [0.717, 1.165) is 15.5 Å². The highest BCUT2D eigenvalue weighted by molar-refractivity contribution is 7.98. The SMILES string of the molecule is Cc1ccc(SCc2cc(=O)n3cc(C)sc3n2)cc1. The summed E-state index contributed by atoms with van der Waals surface area (Å²) in [6.07, 6.45) is 1.84. The van der Waals surface area contributed by atoms with E-state index in [9.17, 15) is 4.79 Å². The van der Waals surface area contributed by atoms with Crippen molar-refractivity contribution in [1.29, 1.82) is 0 Å². The summed E-state index contributed by atoms with van der Waals surface area (Å²) in [7, 11) is 0. The standard InChI is InChI=1S/C15H14N2OS2/c1-10-3-5-13(6-4-10)19-9-12-7-14(18)17-8-11(2)20-15(17)16-12/h3-8H,9H2,1-2H3. The van der Waals surface area contributed by atoms with Gasteiger partial charge in [0, 0.05) is 27.8 Å². The summed E-state index contributed by atoms with van der Waals surface area (Å²) >= 11 is 3.25. The lowest BCUT2D eigenvalue weighted by molar-refractivity contribution is 1.03. The highest BCUT2D eigenvalue weighted by Crippen LogP contribution is 2.22. The third-order valence-corrected chi connectivity index (χ3v) is 4.89. The Kier molecular flexibility index (Phi) is 3.63. The van der Waals surface area contributed by atoms with Gasteiger partial charge in [0.05, 0.1) is 5.69 Å². The molecule has 0 fully saturated rings. The van der Waals surface area contributed by atoms with E-state index in [1.165, 1.54) is 10.5 Å². The molecule has 0 spiro atoms. The first kappa shape index (κ1) is 13.4. The number of hydrogen-bond acceptors (Lipinski definition) is 4. The zero-order chi connectivity index (χ0) is 14.1. The number of fused-ring (bicyclic) bond motifs is 1. The van der Waals surface area contributed by atoms with E-state index in [2.05, 4.69) is 36.2 Å². The normalized spacial score (nSPS) is 11.1. The van der Waals surface area contributed by atoms with Crippen molar-refractivity contribution in [2.24, 2.45) is 0 Å². The summed E-state index contributed by atoms with van der Waals surface area (Å²) < 4.78 is 1.61. The van der Waals surface area contributed by atoms with Gasteiger partial charge in [-0.15, -0.1) is 23.1 Å². The maximum absolute atomic E-state index is 12.0. The highest BCUT2D eigenvalue weighted by atomic mass is 32.2. The average molecular weight is 302 g/mol. The van der Waals surface area contributed by atoms with Gasteiger partial charge in [0.1, 0.15) is 0 Å². The van der Waals surface area contributed by atoms with E-state index in [0.29, 0.717) is 5.75 Å². The summed E-state index contributed by atoms with van der Waals surface area (Å²) in [5.74, 6) is 0.714. The Bertz CT molecular complexity index is 803. The molecule has 0 bridgehead atoms. The number of nitrogens with zero attached hydrogens (tertiary/aromatic N) is 2. The zero-order valence-corrected chi connectivity index (χ0v) is 12.9. The molecule has 3 aromatic rings. The van der Waals surface area contributed by atoms with Gasteiger partial charge in [-0.05, 0) is 26.0 Å². The Morgan fingerprint density at radius 2 is 2.00 bits per heavy atom. The topological polar surface area (TPSA) is 34.4 Å². The fourth-order valence-corrected chi connectivity index (χ4v) is 3.57. The van der Waals surface area contributed by atoms with Crippen molar-refractivity contribution in [2.45, 2.75) is 24.5 Å². The molecule has 0 aliphatic heterocycles. The number of rotatable bonds is 3. The van der Waals surface area contributed by atoms with Crippen molar-refractivity contribution in [2.75, 3.05) is 0 Å². The second kappa shape index (κ2) is 5.42. The molecule has 0 aliphatic rings. The lowest BCUT2D eigenvalue weighted by Crippen LogP contribution is -2.12. The first-order chi connectivity index (χ1) is 9.61. The van der Waals surface area contributed by atoms with Crippen LogP contribution in [0.4, 0.5) is 0 Å². The fraction of sp³-hybridized carbons (Fsp3) is 0.200. The number of hydrogen-bond donors (Lipinski definition) is 0. The molecule has 0 saturated carbocycles. The number of aryl methyl sites for hydroxylation is 2. The first-order valence-electron chi connectivity index (χ1n) is 6.30. The van der Waals surface area contributed by atoms with E-state index in [1.54, 1.807) is 33.6 Å². The van der Waals surface area contributed by atoms with Crippen molar-refractivity contribution in [3.05, 3.63) is 63.0 Å². The second-order valence-corrected chi connectivity index (χ2v) is 6.94. The van der Waals surface area contributed by atoms with Crippen molar-refractivity contribution >= 4 is 28.1 Å². The predicted octanol–water partition coefficient (Wildman–Crippen LogP) is 3.67. The smallest absolute Gasteiger partial charge is 0.258 e. The van der Waals surface area contributed by atoms with Crippen LogP contribution in [-0.2, 0) is 5.75 Å². The maximum atomic E-state index is 12.0. The van der Waals surface area contributed by atoms with Crippen LogP contribution in [0.5, 0.6) is 0 Å². The Labute approximate surface area is 125 Å². The van der Waals surface area contributed by atoms with Crippen LogP contribution in [0.15, 0.2) is 46.2 Å². The van der Waals surface area contributed by atoms with Crippen LogP contribution < -0.4 is 5.56 Å². The van der Waals surface area contributed by atoms with E-state index >= 15 is 0 Å². The number of thiazole rings is 1. The summed E-state index contributed by atoms with van der Waals surface area (Å²) in [6.45, 7) is 4.06. The Balaban J connectivity index is 1.84. The van der Waals surface area contributed by atoms with Gasteiger partial charge in [0.2, 0.25) is 0 Å². The minimum Gasteiger partial charge on any atom is -0.269 e. The summed E-state index contributed by atoms with van der Waals surface area (Å²) in [5.41, 5.74) is 2.09. The third kappa shape index (κ3) is 2.78. The molecule has 3 rings (SSSR count). The first-order valence-corrected chi connectivity index (χ1v) is 8.10. The molecule has 1 aromatic carbocycles. The molecule has 0 radical (unpaired) electrons. The third-order valence-electron chi connectivity index (χ3n) is 2.94. The van der Waals surface area contributed by atoms with Crippen molar-refractivity contribution in [1.82, 2.24) is 9.38 Å². The minimum atomic E-state index is -0.00106. The molecule has 102 valence electrons. The number of aromatic nitrogens is 2. The Morgan fingerprint density at radius 3 is 2.75 bits per heavy atom. The van der Waals surface area contributed by atoms with Gasteiger partial charge in [0.15, 0.2) is 4.96 Å².